The average Bonchev–Trinajstić information content (AvgIpc) is 3.09. The molecule has 0 unspecified atom stereocenters. The van der Waals surface area contributed by atoms with E-state index in [4.69, 9.17) is 16.7 Å². The molecule has 2 aromatic carbocycles. The lowest BCUT2D eigenvalue weighted by molar-refractivity contribution is -0.274. The molecule has 0 atom stereocenters. The molecule has 6 nitrogen and oxygen atoms in total. The number of nitrogens with zero attached hydrogens (tertiary/aromatic N) is 3. The van der Waals surface area contributed by atoms with Crippen molar-refractivity contribution >= 4 is 17.6 Å². The van der Waals surface area contributed by atoms with E-state index in [1.54, 1.807) is 6.07 Å². The first-order chi connectivity index (χ1) is 13.2. The van der Waals surface area contributed by atoms with Gasteiger partial charge in [-0.2, -0.15) is 5.10 Å². The van der Waals surface area contributed by atoms with Crippen LogP contribution in [0.4, 0.5) is 13.2 Å². The number of carboxylic acid groups (broad SMARTS) is 1. The van der Waals surface area contributed by atoms with Crippen LogP contribution in [0.2, 0.25) is 5.02 Å². The van der Waals surface area contributed by atoms with Crippen molar-refractivity contribution in [3.05, 3.63) is 70.8 Å². The number of carbonyl (C=O) groups is 1. The summed E-state index contributed by atoms with van der Waals surface area (Å²) < 4.78 is 41.8. The Kier molecular flexibility index (Phi) is 5.55. The van der Waals surface area contributed by atoms with E-state index in [9.17, 15) is 18.0 Å². The summed E-state index contributed by atoms with van der Waals surface area (Å²) in [4.78, 5) is 15.1. The van der Waals surface area contributed by atoms with Crippen molar-refractivity contribution < 1.29 is 27.8 Å². The zero-order valence-electron chi connectivity index (χ0n) is 14.2. The number of halogens is 4. The fourth-order valence-electron chi connectivity index (χ4n) is 2.47. The van der Waals surface area contributed by atoms with E-state index < -0.39 is 12.3 Å². The highest BCUT2D eigenvalue weighted by atomic mass is 35.5. The minimum absolute atomic E-state index is 0.106. The molecule has 0 spiro atoms. The topological polar surface area (TPSA) is 77.2 Å². The highest BCUT2D eigenvalue weighted by molar-refractivity contribution is 6.31. The summed E-state index contributed by atoms with van der Waals surface area (Å²) in [5, 5.41) is 13.6. The van der Waals surface area contributed by atoms with E-state index >= 15 is 0 Å². The van der Waals surface area contributed by atoms with Gasteiger partial charge >= 0.3 is 12.3 Å². The van der Waals surface area contributed by atoms with Crippen LogP contribution < -0.4 is 4.74 Å². The van der Waals surface area contributed by atoms with Crippen LogP contribution in [0.5, 0.6) is 5.75 Å². The molecule has 0 bridgehead atoms. The Morgan fingerprint density at radius 1 is 1.14 bits per heavy atom. The Morgan fingerprint density at radius 2 is 1.86 bits per heavy atom. The van der Waals surface area contributed by atoms with Crippen molar-refractivity contribution in [1.29, 1.82) is 0 Å². The highest BCUT2D eigenvalue weighted by Crippen LogP contribution is 2.24. The molecule has 10 heteroatoms. The van der Waals surface area contributed by atoms with Crippen LogP contribution >= 0.6 is 11.6 Å². The number of aryl methyl sites for hydroxylation is 2. The van der Waals surface area contributed by atoms with Crippen LogP contribution in [0.3, 0.4) is 0 Å². The number of aromatic nitrogens is 3. The first-order valence-corrected chi connectivity index (χ1v) is 8.37. The second-order valence-corrected chi connectivity index (χ2v) is 6.17. The van der Waals surface area contributed by atoms with Crippen LogP contribution in [0.25, 0.3) is 5.69 Å². The minimum Gasteiger partial charge on any atom is -0.478 e. The second-order valence-electron chi connectivity index (χ2n) is 5.76. The fraction of sp³-hybridized carbons (Fsp3) is 0.167. The third-order valence-corrected chi connectivity index (χ3v) is 4.14. The van der Waals surface area contributed by atoms with Gasteiger partial charge in [-0.3, -0.25) is 0 Å². The Bertz CT molecular complexity index is 988. The standard InChI is InChI=1S/C18H13ClF3N3O3/c19-15-9-12(17(26)27)2-1-11(15)3-8-16-23-10-25(24-16)13-4-6-14(7-5-13)28-18(20,21)22/h1-2,4-7,9-10H,3,8H2,(H,26,27). The van der Waals surface area contributed by atoms with Crippen molar-refractivity contribution in [2.24, 2.45) is 0 Å². The zero-order chi connectivity index (χ0) is 20.3. The predicted molar refractivity (Wildman–Crippen MR) is 93.9 cm³/mol. The second kappa shape index (κ2) is 7.89. The molecular formula is C18H13ClF3N3O3. The van der Waals surface area contributed by atoms with E-state index in [1.807, 2.05) is 0 Å². The largest absolute Gasteiger partial charge is 0.573 e. The van der Waals surface area contributed by atoms with Gasteiger partial charge in [-0.15, -0.1) is 13.2 Å². The van der Waals surface area contributed by atoms with Crippen LogP contribution in [-0.2, 0) is 12.8 Å². The molecule has 0 saturated carbocycles. The number of hydrogen-bond donors (Lipinski definition) is 1. The predicted octanol–water partition coefficient (Wildman–Crippen LogP) is 4.30. The molecule has 3 aromatic rings. The maximum atomic E-state index is 12.2. The van der Waals surface area contributed by atoms with Crippen molar-refractivity contribution in [3.63, 3.8) is 0 Å². The first-order valence-electron chi connectivity index (χ1n) is 8.00. The molecule has 28 heavy (non-hydrogen) atoms. The van der Waals surface area contributed by atoms with E-state index in [2.05, 4.69) is 14.8 Å². The Balaban J connectivity index is 1.65. The molecule has 0 amide bonds. The third-order valence-electron chi connectivity index (χ3n) is 3.79. The molecule has 3 rings (SSSR count). The van der Waals surface area contributed by atoms with Crippen molar-refractivity contribution in [2.45, 2.75) is 19.2 Å². The molecule has 0 fully saturated rings. The van der Waals surface area contributed by atoms with E-state index in [0.717, 1.165) is 5.56 Å². The van der Waals surface area contributed by atoms with Gasteiger partial charge in [0, 0.05) is 11.4 Å². The first kappa shape index (κ1) is 19.7. The number of rotatable bonds is 6. The zero-order valence-corrected chi connectivity index (χ0v) is 14.9. The molecule has 146 valence electrons. The van der Waals surface area contributed by atoms with Gasteiger partial charge < -0.3 is 9.84 Å². The molecule has 0 aliphatic rings. The lowest BCUT2D eigenvalue weighted by Crippen LogP contribution is -2.17. The lowest BCUT2D eigenvalue weighted by atomic mass is 10.1. The quantitative estimate of drug-likeness (QED) is 0.654. The SMILES string of the molecule is O=C(O)c1ccc(CCc2ncn(-c3ccc(OC(F)(F)F)cc3)n2)c(Cl)c1. The van der Waals surface area contributed by atoms with Crippen LogP contribution in [0, 0.1) is 0 Å². The van der Waals surface area contributed by atoms with E-state index in [1.165, 1.54) is 47.4 Å². The Morgan fingerprint density at radius 3 is 2.46 bits per heavy atom. The maximum absolute atomic E-state index is 12.2. The van der Waals surface area contributed by atoms with Crippen LogP contribution in [0.15, 0.2) is 48.8 Å². The maximum Gasteiger partial charge on any atom is 0.573 e. The smallest absolute Gasteiger partial charge is 0.478 e. The monoisotopic (exact) mass is 411 g/mol. The van der Waals surface area contributed by atoms with E-state index in [0.29, 0.717) is 29.4 Å². The molecule has 0 saturated heterocycles. The summed E-state index contributed by atoms with van der Waals surface area (Å²) in [5.41, 5.74) is 1.39. The van der Waals surface area contributed by atoms with Crippen LogP contribution in [-0.4, -0.2) is 32.2 Å². The Labute approximate surface area is 162 Å². The number of alkyl halides is 3. The number of hydrogen-bond acceptors (Lipinski definition) is 4. The van der Waals surface area contributed by atoms with Gasteiger partial charge in [0.25, 0.3) is 0 Å². The number of ether oxygens (including phenoxy) is 1. The minimum atomic E-state index is -4.74. The molecule has 0 radical (unpaired) electrons. The highest BCUT2D eigenvalue weighted by Gasteiger charge is 2.31. The summed E-state index contributed by atoms with van der Waals surface area (Å²) in [6.07, 6.45) is -2.34. The van der Waals surface area contributed by atoms with Gasteiger partial charge in [0.15, 0.2) is 5.82 Å². The molecule has 1 aromatic heterocycles. The average molecular weight is 412 g/mol. The lowest BCUT2D eigenvalue weighted by Gasteiger charge is -2.09. The molecule has 0 aliphatic heterocycles. The van der Waals surface area contributed by atoms with Gasteiger partial charge in [-0.05, 0) is 48.4 Å². The summed E-state index contributed by atoms with van der Waals surface area (Å²) in [5.74, 6) is -0.870. The summed E-state index contributed by atoms with van der Waals surface area (Å²) in [6, 6.07) is 9.74. The molecule has 1 N–H and O–H groups in total. The summed E-state index contributed by atoms with van der Waals surface area (Å²) in [6.45, 7) is 0. The van der Waals surface area contributed by atoms with E-state index in [-0.39, 0.29) is 11.3 Å². The van der Waals surface area contributed by atoms with Crippen molar-refractivity contribution in [2.75, 3.05) is 0 Å². The van der Waals surface area contributed by atoms with Crippen molar-refractivity contribution in [1.82, 2.24) is 14.8 Å². The Hall–Kier alpha value is -3.07. The molecule has 1 heterocycles. The van der Waals surface area contributed by atoms with Gasteiger partial charge in [0.05, 0.1) is 11.3 Å². The van der Waals surface area contributed by atoms with Gasteiger partial charge in [-0.25, -0.2) is 14.5 Å². The number of benzene rings is 2. The van der Waals surface area contributed by atoms with Gasteiger partial charge in [0.2, 0.25) is 0 Å². The fourth-order valence-corrected chi connectivity index (χ4v) is 2.74. The molecule has 0 aliphatic carbocycles. The van der Waals surface area contributed by atoms with Crippen LogP contribution in [0.1, 0.15) is 21.7 Å². The number of carboxylic acids is 1. The van der Waals surface area contributed by atoms with Gasteiger partial charge in [0.1, 0.15) is 12.1 Å². The van der Waals surface area contributed by atoms with Gasteiger partial charge in [-0.1, -0.05) is 17.7 Å². The normalized spacial score (nSPS) is 11.4. The molecular weight excluding hydrogens is 399 g/mol. The number of aromatic carboxylic acids is 1. The summed E-state index contributed by atoms with van der Waals surface area (Å²) in [7, 11) is 0. The summed E-state index contributed by atoms with van der Waals surface area (Å²) >= 11 is 6.10. The third kappa shape index (κ3) is 5.01. The van der Waals surface area contributed by atoms with Crippen molar-refractivity contribution in [3.8, 4) is 11.4 Å².